The first-order valence-corrected chi connectivity index (χ1v) is 12.7. The van der Waals surface area contributed by atoms with Crippen LogP contribution < -0.4 is 14.4 Å². The van der Waals surface area contributed by atoms with Gasteiger partial charge >= 0.3 is 11.9 Å². The first-order valence-electron chi connectivity index (χ1n) is 11.9. The quantitative estimate of drug-likeness (QED) is 0.268. The smallest absolute Gasteiger partial charge is 0.374 e. The summed E-state index contributed by atoms with van der Waals surface area (Å²) in [7, 11) is 0. The Morgan fingerprint density at radius 1 is 1.06 bits per heavy atom. The molecule has 6 nitrogen and oxygen atoms in total. The molecule has 1 aromatic heterocycles. The second kappa shape index (κ2) is 9.88. The highest BCUT2D eigenvalue weighted by molar-refractivity contribution is 6.42. The van der Waals surface area contributed by atoms with E-state index in [1.165, 1.54) is 5.39 Å². The van der Waals surface area contributed by atoms with Gasteiger partial charge in [0.05, 0.1) is 39.3 Å². The van der Waals surface area contributed by atoms with E-state index in [0.29, 0.717) is 23.1 Å². The number of carbonyl (C=O) groups is 1. The van der Waals surface area contributed by atoms with Gasteiger partial charge in [0.25, 0.3) is 5.52 Å². The highest BCUT2D eigenvalue weighted by Gasteiger charge is 2.31. The Morgan fingerprint density at radius 3 is 2.47 bits per heavy atom. The summed E-state index contributed by atoms with van der Waals surface area (Å²) in [5, 5.41) is 12.5. The fraction of sp³-hybridized carbons (Fsp3) is 0.214. The van der Waals surface area contributed by atoms with Gasteiger partial charge in [0.2, 0.25) is 5.58 Å². The molecule has 2 heterocycles. The lowest BCUT2D eigenvalue weighted by Gasteiger charge is -2.23. The lowest BCUT2D eigenvalue weighted by Crippen LogP contribution is -2.33. The number of fused-ring (bicyclic) bond motifs is 4. The van der Waals surface area contributed by atoms with Gasteiger partial charge in [-0.25, -0.2) is 0 Å². The fourth-order valence-electron chi connectivity index (χ4n) is 4.83. The number of benzene rings is 3. The number of allylic oxidation sites excluding steroid dienone is 2. The predicted octanol–water partition coefficient (Wildman–Crippen LogP) is 6.88. The molecule has 0 saturated heterocycles. The summed E-state index contributed by atoms with van der Waals surface area (Å²) in [5.41, 5.74) is 3.64. The number of aliphatic carboxylic acids is 1. The molecule has 5 rings (SSSR count). The van der Waals surface area contributed by atoms with Crippen molar-refractivity contribution in [2.45, 2.75) is 26.8 Å². The van der Waals surface area contributed by atoms with Gasteiger partial charge < -0.3 is 19.3 Å². The Bertz CT molecular complexity index is 1540. The number of aromatic nitrogens is 1. The van der Waals surface area contributed by atoms with Crippen molar-refractivity contribution in [2.24, 2.45) is 0 Å². The average Bonchev–Trinajstić information content (AvgIpc) is 3.37. The molecule has 0 fully saturated rings. The number of nitrogens with zero attached hydrogens (tertiary/aromatic N) is 3. The van der Waals surface area contributed by atoms with E-state index in [9.17, 15) is 9.90 Å². The maximum Gasteiger partial charge on any atom is 0.374 e. The van der Waals surface area contributed by atoms with Gasteiger partial charge in [-0.15, -0.1) is 0 Å². The van der Waals surface area contributed by atoms with E-state index < -0.39 is 5.97 Å². The van der Waals surface area contributed by atoms with E-state index in [4.69, 9.17) is 27.6 Å². The molecule has 36 heavy (non-hydrogen) atoms. The fourth-order valence-corrected chi connectivity index (χ4v) is 5.15. The van der Waals surface area contributed by atoms with Crippen molar-refractivity contribution >= 4 is 68.5 Å². The molecule has 0 aliphatic carbocycles. The zero-order chi connectivity index (χ0) is 25.4. The number of carboxylic acid groups (broad SMARTS) is 1. The van der Waals surface area contributed by atoms with Crippen molar-refractivity contribution in [2.75, 3.05) is 22.9 Å². The van der Waals surface area contributed by atoms with E-state index in [1.807, 2.05) is 54.3 Å². The van der Waals surface area contributed by atoms with Crippen LogP contribution in [0.15, 0.2) is 70.9 Å². The molecule has 0 radical (unpaired) electrons. The summed E-state index contributed by atoms with van der Waals surface area (Å²) in [4.78, 5) is 15.4. The normalized spacial score (nSPS) is 14.6. The Hall–Kier alpha value is -3.48. The molecule has 1 aliphatic heterocycles. The average molecular weight is 523 g/mol. The summed E-state index contributed by atoms with van der Waals surface area (Å²) in [5.74, 6) is 0.732. The molecular formula is C28H26Cl2N3O3+. The molecule has 0 saturated carbocycles. The van der Waals surface area contributed by atoms with E-state index in [1.54, 1.807) is 6.07 Å². The molecule has 0 unspecified atom stereocenters. The standard InChI is InChI=1S/C28H25Cl2N3O3/c1-3-31-22-16-20(29)21(30)17-23(22)33(15-14-27(34)35)25(31)10-7-11-26-32(4-2)28-19-9-6-5-8-18(19)12-13-24(28)36-26/h5-13,16-17H,3-4,14-15H2,1-2H3/p+1. The SMILES string of the molecule is CCN1C(=CC=Cc2oc3ccc4ccccc4c3[n+]2CC)N(CCC(=O)O)c2cc(Cl)c(Cl)cc21. The van der Waals surface area contributed by atoms with E-state index in [2.05, 4.69) is 34.6 Å². The Balaban J connectivity index is 1.57. The molecule has 8 heteroatoms. The van der Waals surface area contributed by atoms with Gasteiger partial charge in [-0.3, -0.25) is 4.79 Å². The van der Waals surface area contributed by atoms with Gasteiger partial charge in [-0.1, -0.05) is 47.5 Å². The summed E-state index contributed by atoms with van der Waals surface area (Å²) in [6.45, 7) is 5.88. The van der Waals surface area contributed by atoms with Crippen LogP contribution in [-0.2, 0) is 11.3 Å². The predicted molar refractivity (Wildman–Crippen MR) is 146 cm³/mol. The van der Waals surface area contributed by atoms with Crippen LogP contribution in [0.5, 0.6) is 0 Å². The molecule has 0 bridgehead atoms. The third-order valence-electron chi connectivity index (χ3n) is 6.43. The Morgan fingerprint density at radius 2 is 1.78 bits per heavy atom. The number of halogens is 2. The lowest BCUT2D eigenvalue weighted by atomic mass is 10.1. The molecule has 1 N–H and O–H groups in total. The number of aryl methyl sites for hydroxylation is 1. The highest BCUT2D eigenvalue weighted by Crippen LogP contribution is 2.45. The minimum absolute atomic E-state index is 0.00915. The zero-order valence-corrected chi connectivity index (χ0v) is 21.6. The minimum atomic E-state index is -0.861. The minimum Gasteiger partial charge on any atom is -0.481 e. The molecular weight excluding hydrogens is 497 g/mol. The highest BCUT2D eigenvalue weighted by atomic mass is 35.5. The largest absolute Gasteiger partial charge is 0.481 e. The first kappa shape index (κ1) is 24.2. The van der Waals surface area contributed by atoms with E-state index in [-0.39, 0.29) is 6.42 Å². The van der Waals surface area contributed by atoms with Crippen LogP contribution >= 0.6 is 23.2 Å². The second-order valence-corrected chi connectivity index (χ2v) is 9.31. The molecule has 1 aliphatic rings. The third-order valence-corrected chi connectivity index (χ3v) is 7.15. The van der Waals surface area contributed by atoms with Crippen LogP contribution in [-0.4, -0.2) is 24.2 Å². The molecule has 0 atom stereocenters. The third kappa shape index (κ3) is 4.21. The summed E-state index contributed by atoms with van der Waals surface area (Å²) in [6.07, 6.45) is 5.84. The van der Waals surface area contributed by atoms with Gasteiger partial charge in [0.15, 0.2) is 0 Å². The summed E-state index contributed by atoms with van der Waals surface area (Å²) < 4.78 is 8.38. The van der Waals surface area contributed by atoms with Crippen molar-refractivity contribution in [1.29, 1.82) is 0 Å². The van der Waals surface area contributed by atoms with Crippen molar-refractivity contribution in [3.05, 3.63) is 82.4 Å². The van der Waals surface area contributed by atoms with Crippen LogP contribution in [0.25, 0.3) is 27.9 Å². The van der Waals surface area contributed by atoms with Gasteiger partial charge in [0.1, 0.15) is 12.4 Å². The molecule has 3 aromatic carbocycles. The number of hydrogen-bond donors (Lipinski definition) is 1. The first-order chi connectivity index (χ1) is 17.4. The Kier molecular flexibility index (Phi) is 6.65. The van der Waals surface area contributed by atoms with Crippen molar-refractivity contribution in [3.8, 4) is 0 Å². The summed E-state index contributed by atoms with van der Waals surface area (Å²) >= 11 is 12.6. The molecule has 4 aromatic rings. The topological polar surface area (TPSA) is 60.8 Å². The summed E-state index contributed by atoms with van der Waals surface area (Å²) in [6, 6.07) is 16.0. The van der Waals surface area contributed by atoms with Gasteiger partial charge in [0, 0.05) is 13.1 Å². The van der Waals surface area contributed by atoms with E-state index in [0.717, 1.165) is 46.1 Å². The van der Waals surface area contributed by atoms with E-state index >= 15 is 0 Å². The van der Waals surface area contributed by atoms with Gasteiger partial charge in [-0.05, 0) is 55.7 Å². The maximum absolute atomic E-state index is 11.4. The molecule has 184 valence electrons. The van der Waals surface area contributed by atoms with Crippen LogP contribution in [0.2, 0.25) is 10.0 Å². The number of anilines is 2. The van der Waals surface area contributed by atoms with Crippen molar-refractivity contribution in [1.82, 2.24) is 0 Å². The zero-order valence-electron chi connectivity index (χ0n) is 20.0. The Labute approximate surface area is 219 Å². The number of oxazole rings is 1. The lowest BCUT2D eigenvalue weighted by molar-refractivity contribution is -0.673. The van der Waals surface area contributed by atoms with Crippen molar-refractivity contribution < 1.29 is 18.9 Å². The number of rotatable bonds is 7. The number of carboxylic acids is 1. The number of hydrogen-bond acceptors (Lipinski definition) is 4. The van der Waals surface area contributed by atoms with Crippen LogP contribution in [0, 0.1) is 0 Å². The van der Waals surface area contributed by atoms with Crippen LogP contribution in [0.3, 0.4) is 0 Å². The van der Waals surface area contributed by atoms with Crippen LogP contribution in [0.4, 0.5) is 11.4 Å². The van der Waals surface area contributed by atoms with Gasteiger partial charge in [-0.2, -0.15) is 4.57 Å². The second-order valence-electron chi connectivity index (χ2n) is 8.50. The molecule has 0 spiro atoms. The van der Waals surface area contributed by atoms with Crippen molar-refractivity contribution in [3.63, 3.8) is 0 Å². The van der Waals surface area contributed by atoms with Crippen LogP contribution in [0.1, 0.15) is 26.2 Å². The maximum atomic E-state index is 11.4. The molecule has 0 amide bonds. The monoisotopic (exact) mass is 522 g/mol.